The van der Waals surface area contributed by atoms with E-state index >= 15 is 0 Å². The van der Waals surface area contributed by atoms with E-state index in [9.17, 15) is 19.5 Å². The zero-order valence-electron chi connectivity index (χ0n) is 19.5. The molecule has 2 saturated heterocycles. The fourth-order valence-electron chi connectivity index (χ4n) is 6.02. The highest BCUT2D eigenvalue weighted by Gasteiger charge is 2.71. The second-order valence-electron chi connectivity index (χ2n) is 9.43. The van der Waals surface area contributed by atoms with Crippen molar-refractivity contribution in [3.63, 3.8) is 0 Å². The summed E-state index contributed by atoms with van der Waals surface area (Å²) in [4.78, 5) is 44.6. The zero-order valence-corrected chi connectivity index (χ0v) is 20.3. The van der Waals surface area contributed by atoms with E-state index in [1.54, 1.807) is 9.80 Å². The minimum Gasteiger partial charge on any atom is -0.465 e. The molecule has 7 nitrogen and oxygen atoms in total. The number of ether oxygens (including phenoxy) is 1. The first-order chi connectivity index (χ1) is 16.4. The van der Waals surface area contributed by atoms with Crippen LogP contribution in [0.4, 0.5) is 5.69 Å². The third-order valence-corrected chi connectivity index (χ3v) is 9.13. The number of benzene rings is 1. The monoisotopic (exact) mass is 482 g/mol. The Balaban J connectivity index is 1.63. The van der Waals surface area contributed by atoms with Crippen molar-refractivity contribution in [2.45, 2.75) is 42.7 Å². The number of para-hydroxylation sites is 1. The molecule has 4 aliphatic rings. The minimum atomic E-state index is -0.863. The molecule has 4 heterocycles. The fraction of sp³-hybridized carbons (Fsp3) is 0.500. The summed E-state index contributed by atoms with van der Waals surface area (Å²) in [6.07, 6.45) is 9.00. The maximum absolute atomic E-state index is 14.3. The Morgan fingerprint density at radius 2 is 1.91 bits per heavy atom. The Morgan fingerprint density at radius 1 is 1.15 bits per heavy atom. The average molecular weight is 483 g/mol. The van der Waals surface area contributed by atoms with Gasteiger partial charge >= 0.3 is 5.97 Å². The standard InChI is InChI=1S/C26H30N2O5S/c1-16-8-5-9-17(2)21(16)27-12-6-11-26-20(19-18(34-26)10-3-4-15-33-25(19)32)23(30)28(13-7-14-29)22(26)24(27)31/h3,5-6,8-11,18-20,22,29H,4,7,12-15H2,1-2H3/t18-,19+,20+,22?,26+/m1/s1. The number of hydrogen-bond donors (Lipinski definition) is 1. The average Bonchev–Trinajstić information content (AvgIpc) is 3.17. The number of hydrogen-bond acceptors (Lipinski definition) is 6. The second kappa shape index (κ2) is 8.89. The molecule has 1 aromatic rings. The van der Waals surface area contributed by atoms with Crippen molar-refractivity contribution >= 4 is 35.2 Å². The molecule has 0 bridgehead atoms. The van der Waals surface area contributed by atoms with E-state index in [0.29, 0.717) is 26.0 Å². The van der Waals surface area contributed by atoms with E-state index in [4.69, 9.17) is 4.74 Å². The number of fused-ring (bicyclic) bond motifs is 2. The highest BCUT2D eigenvalue weighted by atomic mass is 32.2. The molecule has 34 heavy (non-hydrogen) atoms. The van der Waals surface area contributed by atoms with Crippen LogP contribution in [0.2, 0.25) is 0 Å². The fourth-order valence-corrected chi connectivity index (χ4v) is 8.02. The molecule has 0 aromatic heterocycles. The number of aryl methyl sites for hydroxylation is 2. The number of amides is 2. The molecule has 1 spiro atoms. The first-order valence-electron chi connectivity index (χ1n) is 11.9. The van der Waals surface area contributed by atoms with Crippen molar-refractivity contribution in [3.05, 3.63) is 53.6 Å². The lowest BCUT2D eigenvalue weighted by Crippen LogP contribution is -2.53. The van der Waals surface area contributed by atoms with E-state index < -0.39 is 22.6 Å². The molecule has 0 aliphatic carbocycles. The maximum atomic E-state index is 14.3. The molecule has 1 unspecified atom stereocenters. The van der Waals surface area contributed by atoms with Gasteiger partial charge < -0.3 is 19.6 Å². The van der Waals surface area contributed by atoms with E-state index in [0.717, 1.165) is 16.8 Å². The van der Waals surface area contributed by atoms with Crippen LogP contribution in [0.3, 0.4) is 0 Å². The van der Waals surface area contributed by atoms with Gasteiger partial charge in [-0.15, -0.1) is 11.8 Å². The van der Waals surface area contributed by atoms with Gasteiger partial charge in [-0.1, -0.05) is 42.5 Å². The van der Waals surface area contributed by atoms with Crippen LogP contribution in [0.25, 0.3) is 0 Å². The molecule has 2 amide bonds. The Kier molecular flexibility index (Phi) is 6.06. The van der Waals surface area contributed by atoms with Gasteiger partial charge in [0.2, 0.25) is 5.91 Å². The Hall–Kier alpha value is -2.58. The summed E-state index contributed by atoms with van der Waals surface area (Å²) in [6, 6.07) is 5.18. The quantitative estimate of drug-likeness (QED) is 0.524. The molecule has 8 heteroatoms. The zero-order chi connectivity index (χ0) is 24.0. The van der Waals surface area contributed by atoms with Crippen molar-refractivity contribution in [2.75, 3.05) is 31.2 Å². The number of esters is 1. The lowest BCUT2D eigenvalue weighted by molar-refractivity contribution is -0.153. The highest BCUT2D eigenvalue weighted by molar-refractivity contribution is 8.02. The molecule has 0 radical (unpaired) electrons. The second-order valence-corrected chi connectivity index (χ2v) is 10.9. The van der Waals surface area contributed by atoms with Crippen molar-refractivity contribution in [3.8, 4) is 0 Å². The summed E-state index contributed by atoms with van der Waals surface area (Å²) in [5, 5.41) is 9.27. The molecule has 1 aromatic carbocycles. The Bertz CT molecular complexity index is 1060. The van der Waals surface area contributed by atoms with Crippen LogP contribution < -0.4 is 4.90 Å². The highest BCUT2D eigenvalue weighted by Crippen LogP contribution is 2.61. The summed E-state index contributed by atoms with van der Waals surface area (Å²) in [5.74, 6) is -2.03. The molecular weight excluding hydrogens is 452 g/mol. The van der Waals surface area contributed by atoms with Crippen LogP contribution in [0.15, 0.2) is 42.5 Å². The maximum Gasteiger partial charge on any atom is 0.311 e. The number of carbonyl (C=O) groups is 3. The SMILES string of the molecule is Cc1cccc(C)c1N1CC=C[C@]23S[C@@H]4C=CCCOC(=O)[C@@H]4[C@H]2C(=O)N(CCCO)C3C1=O. The van der Waals surface area contributed by atoms with Gasteiger partial charge in [0.05, 0.1) is 23.2 Å². The van der Waals surface area contributed by atoms with E-state index in [1.807, 2.05) is 56.4 Å². The molecule has 5 rings (SSSR count). The van der Waals surface area contributed by atoms with Gasteiger partial charge in [-0.05, 0) is 37.8 Å². The predicted molar refractivity (Wildman–Crippen MR) is 130 cm³/mol. The first-order valence-corrected chi connectivity index (χ1v) is 12.8. The van der Waals surface area contributed by atoms with Gasteiger partial charge in [-0.2, -0.15) is 0 Å². The normalized spacial score (nSPS) is 32.6. The first kappa shape index (κ1) is 23.2. The van der Waals surface area contributed by atoms with Crippen LogP contribution in [-0.2, 0) is 19.1 Å². The van der Waals surface area contributed by atoms with Crippen molar-refractivity contribution < 1.29 is 24.2 Å². The van der Waals surface area contributed by atoms with Crippen molar-refractivity contribution in [1.82, 2.24) is 4.90 Å². The number of aliphatic hydroxyl groups is 1. The number of carbonyl (C=O) groups excluding carboxylic acids is 3. The van der Waals surface area contributed by atoms with E-state index in [-0.39, 0.29) is 36.2 Å². The summed E-state index contributed by atoms with van der Waals surface area (Å²) in [6.45, 7) is 4.85. The molecular formula is C26H30N2O5S. The van der Waals surface area contributed by atoms with Crippen molar-refractivity contribution in [2.24, 2.45) is 11.8 Å². The predicted octanol–water partition coefficient (Wildman–Crippen LogP) is 2.39. The van der Waals surface area contributed by atoms with Gasteiger partial charge in [0, 0.05) is 30.6 Å². The number of cyclic esters (lactones) is 1. The number of nitrogens with zero attached hydrogens (tertiary/aromatic N) is 2. The van der Waals surface area contributed by atoms with Gasteiger partial charge in [0.1, 0.15) is 6.04 Å². The summed E-state index contributed by atoms with van der Waals surface area (Å²) < 4.78 is 4.63. The van der Waals surface area contributed by atoms with Crippen LogP contribution in [0.5, 0.6) is 0 Å². The Morgan fingerprint density at radius 3 is 2.65 bits per heavy atom. The van der Waals surface area contributed by atoms with Gasteiger partial charge in [-0.3, -0.25) is 14.4 Å². The molecule has 180 valence electrons. The van der Waals surface area contributed by atoms with Gasteiger partial charge in [-0.25, -0.2) is 0 Å². The smallest absolute Gasteiger partial charge is 0.311 e. The van der Waals surface area contributed by atoms with E-state index in [2.05, 4.69) is 0 Å². The van der Waals surface area contributed by atoms with Crippen LogP contribution >= 0.6 is 11.8 Å². The number of anilines is 1. The minimum absolute atomic E-state index is 0.0806. The number of likely N-dealkylation sites (tertiary alicyclic amines) is 1. The van der Waals surface area contributed by atoms with Crippen LogP contribution in [0, 0.1) is 25.7 Å². The number of thioether (sulfide) groups is 1. The van der Waals surface area contributed by atoms with E-state index in [1.165, 1.54) is 11.8 Å². The third-order valence-electron chi connectivity index (χ3n) is 7.39. The largest absolute Gasteiger partial charge is 0.465 e. The third kappa shape index (κ3) is 3.41. The van der Waals surface area contributed by atoms with Crippen molar-refractivity contribution in [1.29, 1.82) is 0 Å². The molecule has 0 saturated carbocycles. The molecule has 1 N–H and O–H groups in total. The summed E-state index contributed by atoms with van der Waals surface area (Å²) in [5.41, 5.74) is 2.85. The lowest BCUT2D eigenvalue weighted by Gasteiger charge is -2.36. The van der Waals surface area contributed by atoms with Crippen LogP contribution in [-0.4, -0.2) is 70.1 Å². The number of rotatable bonds is 4. The van der Waals surface area contributed by atoms with Crippen LogP contribution in [0.1, 0.15) is 24.0 Å². The number of aliphatic hydroxyl groups excluding tert-OH is 1. The Labute approximate surface area is 203 Å². The molecule has 5 atom stereocenters. The van der Waals surface area contributed by atoms with Gasteiger partial charge in [0.25, 0.3) is 5.91 Å². The lowest BCUT2D eigenvalue weighted by atomic mass is 9.78. The topological polar surface area (TPSA) is 87.2 Å². The molecule has 4 aliphatic heterocycles. The summed E-state index contributed by atoms with van der Waals surface area (Å²) >= 11 is 1.54. The molecule has 2 fully saturated rings. The van der Waals surface area contributed by atoms with Gasteiger partial charge in [0.15, 0.2) is 0 Å². The summed E-state index contributed by atoms with van der Waals surface area (Å²) in [7, 11) is 0.